The second kappa shape index (κ2) is 15.9. The standard InChI is InChI=1S/C40H50O7Si2/c1-30(42)46-37(36(44)29-45-48(39(2,3)4,31-20-12-8-13-21-31)32-22-14-9-15-23-32)38(35(43)28-41)47-49(40(5,6)7,33-24-16-10-17-25-33)34-26-18-11-19-27-34/h8-28,35-38,43-44H,29H2,1-7H3/t35-,36+,37+,38+/m0/s1. The minimum absolute atomic E-state index is 0.253. The van der Waals surface area contributed by atoms with Gasteiger partial charge in [-0.05, 0) is 30.8 Å². The lowest BCUT2D eigenvalue weighted by Crippen LogP contribution is -2.70. The van der Waals surface area contributed by atoms with Gasteiger partial charge in [0.15, 0.2) is 12.4 Å². The number of ether oxygens (including phenoxy) is 1. The van der Waals surface area contributed by atoms with Gasteiger partial charge >= 0.3 is 5.97 Å². The summed E-state index contributed by atoms with van der Waals surface area (Å²) in [4.78, 5) is 25.1. The van der Waals surface area contributed by atoms with Gasteiger partial charge in [-0.25, -0.2) is 0 Å². The predicted molar refractivity (Wildman–Crippen MR) is 200 cm³/mol. The number of aliphatic hydroxyl groups is 2. The van der Waals surface area contributed by atoms with E-state index < -0.39 is 52.1 Å². The van der Waals surface area contributed by atoms with Gasteiger partial charge in [-0.1, -0.05) is 163 Å². The SMILES string of the molecule is CC(=O)O[C@@H]([C@H](O[Si](c1ccccc1)(c1ccccc1)C(C)(C)C)[C@@H](O)C=O)[C@H](O)CO[Si](c1ccccc1)(c1ccccc1)C(C)(C)C. The highest BCUT2D eigenvalue weighted by molar-refractivity contribution is 7.00. The lowest BCUT2D eigenvalue weighted by molar-refractivity contribution is -0.170. The van der Waals surface area contributed by atoms with Crippen molar-refractivity contribution >= 4 is 49.6 Å². The Balaban J connectivity index is 1.86. The predicted octanol–water partition coefficient (Wildman–Crippen LogP) is 4.36. The van der Waals surface area contributed by atoms with Crippen LogP contribution in [0.2, 0.25) is 10.1 Å². The lowest BCUT2D eigenvalue weighted by atomic mass is 10.0. The van der Waals surface area contributed by atoms with Crippen molar-refractivity contribution < 1.29 is 33.4 Å². The van der Waals surface area contributed by atoms with Crippen molar-refractivity contribution in [3.8, 4) is 0 Å². The van der Waals surface area contributed by atoms with Crippen molar-refractivity contribution in [3.63, 3.8) is 0 Å². The van der Waals surface area contributed by atoms with Gasteiger partial charge in [0, 0.05) is 6.92 Å². The van der Waals surface area contributed by atoms with Crippen LogP contribution < -0.4 is 20.7 Å². The average Bonchev–Trinajstić information content (AvgIpc) is 3.08. The molecule has 0 unspecified atom stereocenters. The topological polar surface area (TPSA) is 102 Å². The van der Waals surface area contributed by atoms with Crippen LogP contribution in [-0.2, 0) is 23.2 Å². The fraction of sp³-hybridized carbons (Fsp3) is 0.350. The van der Waals surface area contributed by atoms with E-state index in [4.69, 9.17) is 13.6 Å². The second-order valence-corrected chi connectivity index (χ2v) is 23.0. The van der Waals surface area contributed by atoms with E-state index in [1.54, 1.807) is 0 Å². The normalized spacial score (nSPS) is 15.1. The minimum atomic E-state index is -3.40. The molecule has 260 valence electrons. The third-order valence-corrected chi connectivity index (χ3v) is 19.1. The molecule has 4 aromatic rings. The lowest BCUT2D eigenvalue weighted by Gasteiger charge is -2.47. The van der Waals surface area contributed by atoms with E-state index >= 15 is 0 Å². The zero-order chi connectivity index (χ0) is 35.9. The third kappa shape index (κ3) is 8.04. The van der Waals surface area contributed by atoms with E-state index in [2.05, 4.69) is 41.5 Å². The molecule has 7 nitrogen and oxygen atoms in total. The molecule has 0 bridgehead atoms. The van der Waals surface area contributed by atoms with Gasteiger partial charge in [0.05, 0.1) is 6.61 Å². The van der Waals surface area contributed by atoms with Crippen LogP contribution in [-0.4, -0.2) is 70.1 Å². The van der Waals surface area contributed by atoms with Gasteiger partial charge in [-0.3, -0.25) is 4.79 Å². The molecule has 49 heavy (non-hydrogen) atoms. The number of rotatable bonds is 14. The number of carbonyl (C=O) groups is 2. The maximum absolute atomic E-state index is 12.7. The number of carbonyl (C=O) groups excluding carboxylic acids is 2. The summed E-state index contributed by atoms with van der Waals surface area (Å²) in [6.45, 7) is 13.5. The first-order chi connectivity index (χ1) is 23.2. The number of hydrogen-bond acceptors (Lipinski definition) is 7. The Labute approximate surface area is 293 Å². The van der Waals surface area contributed by atoms with Crippen LogP contribution in [0.3, 0.4) is 0 Å². The number of esters is 1. The summed E-state index contributed by atoms with van der Waals surface area (Å²) in [6, 6.07) is 39.5. The Morgan fingerprint density at radius 1 is 0.633 bits per heavy atom. The van der Waals surface area contributed by atoms with Crippen molar-refractivity contribution in [2.45, 2.75) is 83.0 Å². The summed E-state index contributed by atoms with van der Waals surface area (Å²) in [5.74, 6) is -0.691. The Kier molecular flexibility index (Phi) is 12.4. The Hall–Kier alpha value is -3.71. The molecule has 0 aliphatic carbocycles. The Morgan fingerprint density at radius 2 is 0.980 bits per heavy atom. The smallest absolute Gasteiger partial charge is 0.303 e. The maximum Gasteiger partial charge on any atom is 0.303 e. The zero-order valence-electron chi connectivity index (χ0n) is 29.6. The van der Waals surface area contributed by atoms with Crippen molar-refractivity contribution in [2.24, 2.45) is 0 Å². The molecule has 0 aromatic heterocycles. The Morgan fingerprint density at radius 3 is 1.29 bits per heavy atom. The summed E-state index contributed by atoms with van der Waals surface area (Å²) in [5.41, 5.74) is 0. The molecule has 4 aromatic carbocycles. The molecule has 2 N–H and O–H groups in total. The molecule has 0 aliphatic rings. The molecule has 4 rings (SSSR count). The molecular formula is C40H50O7Si2. The highest BCUT2D eigenvalue weighted by Crippen LogP contribution is 2.40. The molecule has 0 heterocycles. The number of aliphatic hydroxyl groups excluding tert-OH is 2. The largest absolute Gasteiger partial charge is 0.457 e. The summed E-state index contributed by atoms with van der Waals surface area (Å²) < 4.78 is 20.0. The molecule has 9 heteroatoms. The van der Waals surface area contributed by atoms with E-state index in [0.717, 1.165) is 20.7 Å². The molecule has 0 aliphatic heterocycles. The molecule has 0 fully saturated rings. The van der Waals surface area contributed by atoms with E-state index in [0.29, 0.717) is 6.29 Å². The van der Waals surface area contributed by atoms with Gasteiger partial charge in [0.1, 0.15) is 18.3 Å². The molecule has 0 spiro atoms. The Bertz CT molecular complexity index is 1540. The zero-order valence-corrected chi connectivity index (χ0v) is 31.6. The third-order valence-electron chi connectivity index (χ3n) is 9.10. The van der Waals surface area contributed by atoms with Gasteiger partial charge in [-0.2, -0.15) is 0 Å². The van der Waals surface area contributed by atoms with Crippen LogP contribution in [0.15, 0.2) is 121 Å². The van der Waals surface area contributed by atoms with Crippen LogP contribution in [0.25, 0.3) is 0 Å². The first-order valence-corrected chi connectivity index (χ1v) is 20.5. The fourth-order valence-electron chi connectivity index (χ4n) is 6.93. The van der Waals surface area contributed by atoms with Crippen molar-refractivity contribution in [1.82, 2.24) is 0 Å². The highest BCUT2D eigenvalue weighted by atomic mass is 28.4. The van der Waals surface area contributed by atoms with Gasteiger partial charge in [-0.15, -0.1) is 0 Å². The number of aldehydes is 1. The van der Waals surface area contributed by atoms with Gasteiger partial charge in [0.25, 0.3) is 16.6 Å². The van der Waals surface area contributed by atoms with Crippen molar-refractivity contribution in [1.29, 1.82) is 0 Å². The van der Waals surface area contributed by atoms with Crippen LogP contribution >= 0.6 is 0 Å². The molecule has 0 saturated heterocycles. The quantitative estimate of drug-likeness (QED) is 0.115. The van der Waals surface area contributed by atoms with E-state index in [1.807, 2.05) is 121 Å². The first-order valence-electron chi connectivity index (χ1n) is 16.7. The van der Waals surface area contributed by atoms with Gasteiger partial charge < -0.3 is 28.6 Å². The van der Waals surface area contributed by atoms with Crippen molar-refractivity contribution in [2.75, 3.05) is 6.61 Å². The fourth-order valence-corrected chi connectivity index (χ4v) is 16.2. The maximum atomic E-state index is 12.7. The van der Waals surface area contributed by atoms with Crippen LogP contribution in [0.1, 0.15) is 48.5 Å². The number of hydrogen-bond donors (Lipinski definition) is 2. The van der Waals surface area contributed by atoms with E-state index in [9.17, 15) is 19.8 Å². The molecule has 4 atom stereocenters. The van der Waals surface area contributed by atoms with Crippen LogP contribution in [0, 0.1) is 0 Å². The molecule has 0 amide bonds. The summed E-state index contributed by atoms with van der Waals surface area (Å²) in [7, 11) is -6.51. The summed E-state index contributed by atoms with van der Waals surface area (Å²) >= 11 is 0. The molecule has 0 radical (unpaired) electrons. The molecule has 0 saturated carbocycles. The second-order valence-electron chi connectivity index (χ2n) is 14.5. The van der Waals surface area contributed by atoms with E-state index in [1.165, 1.54) is 6.92 Å². The monoisotopic (exact) mass is 698 g/mol. The summed E-state index contributed by atoms with van der Waals surface area (Å²) in [6.07, 6.45) is -5.70. The van der Waals surface area contributed by atoms with Gasteiger partial charge in [0.2, 0.25) is 0 Å². The van der Waals surface area contributed by atoms with Crippen LogP contribution in [0.4, 0.5) is 0 Å². The van der Waals surface area contributed by atoms with Crippen LogP contribution in [0.5, 0.6) is 0 Å². The van der Waals surface area contributed by atoms with Crippen molar-refractivity contribution in [3.05, 3.63) is 121 Å². The first kappa shape index (κ1) is 38.1. The number of benzene rings is 4. The average molecular weight is 699 g/mol. The summed E-state index contributed by atoms with van der Waals surface area (Å²) in [5, 5.41) is 26.3. The minimum Gasteiger partial charge on any atom is -0.457 e. The van der Waals surface area contributed by atoms with E-state index in [-0.39, 0.29) is 11.6 Å². The molecular weight excluding hydrogens is 649 g/mol. The highest BCUT2D eigenvalue weighted by Gasteiger charge is 2.55.